The molecule has 0 atom stereocenters. The van der Waals surface area contributed by atoms with Gasteiger partial charge in [-0.15, -0.1) is 0 Å². The van der Waals surface area contributed by atoms with E-state index in [9.17, 15) is 5.11 Å². The predicted octanol–water partition coefficient (Wildman–Crippen LogP) is 3.63. The summed E-state index contributed by atoms with van der Waals surface area (Å²) in [5, 5.41) is 9.24. The SMILES string of the molecule is CN=C(C=C(C)C)c1ccnc(-c2cccc(CO)c2)c1. The normalized spacial score (nSPS) is 11.3. The number of pyridine rings is 1. The van der Waals surface area contributed by atoms with E-state index in [0.717, 1.165) is 28.1 Å². The van der Waals surface area contributed by atoms with Gasteiger partial charge in [0.1, 0.15) is 0 Å². The second-order valence-electron chi connectivity index (χ2n) is 5.12. The van der Waals surface area contributed by atoms with Crippen LogP contribution in [0, 0.1) is 0 Å². The van der Waals surface area contributed by atoms with Gasteiger partial charge in [-0.2, -0.15) is 0 Å². The molecule has 0 radical (unpaired) electrons. The van der Waals surface area contributed by atoms with Crippen molar-refractivity contribution in [3.05, 3.63) is 65.4 Å². The van der Waals surface area contributed by atoms with E-state index in [1.54, 1.807) is 13.2 Å². The van der Waals surface area contributed by atoms with Crippen LogP contribution >= 0.6 is 0 Å². The lowest BCUT2D eigenvalue weighted by Crippen LogP contribution is -1.99. The van der Waals surface area contributed by atoms with E-state index in [-0.39, 0.29) is 6.61 Å². The van der Waals surface area contributed by atoms with Gasteiger partial charge in [0, 0.05) is 24.4 Å². The molecule has 0 aliphatic carbocycles. The van der Waals surface area contributed by atoms with Gasteiger partial charge < -0.3 is 5.11 Å². The molecule has 0 unspecified atom stereocenters. The first-order valence-electron chi connectivity index (χ1n) is 6.92. The van der Waals surface area contributed by atoms with Crippen molar-refractivity contribution in [2.45, 2.75) is 20.5 Å². The fraction of sp³-hybridized carbons (Fsp3) is 0.222. The summed E-state index contributed by atoms with van der Waals surface area (Å²) in [6.07, 6.45) is 3.85. The number of aliphatic hydroxyl groups excluding tert-OH is 1. The van der Waals surface area contributed by atoms with E-state index >= 15 is 0 Å². The molecule has 0 spiro atoms. The lowest BCUT2D eigenvalue weighted by Gasteiger charge is -2.06. The van der Waals surface area contributed by atoms with Crippen LogP contribution in [0.2, 0.25) is 0 Å². The smallest absolute Gasteiger partial charge is 0.0708 e. The first kappa shape index (κ1) is 15.1. The van der Waals surface area contributed by atoms with Gasteiger partial charge in [-0.05, 0) is 43.7 Å². The van der Waals surface area contributed by atoms with Crippen LogP contribution in [-0.2, 0) is 6.61 Å². The number of hydrogen-bond acceptors (Lipinski definition) is 3. The first-order valence-corrected chi connectivity index (χ1v) is 6.92. The fourth-order valence-corrected chi connectivity index (χ4v) is 2.13. The van der Waals surface area contributed by atoms with Crippen LogP contribution in [0.3, 0.4) is 0 Å². The third-order valence-corrected chi connectivity index (χ3v) is 3.13. The van der Waals surface area contributed by atoms with Crippen LogP contribution in [0.1, 0.15) is 25.0 Å². The monoisotopic (exact) mass is 280 g/mol. The minimum atomic E-state index is 0.0347. The van der Waals surface area contributed by atoms with E-state index in [2.05, 4.69) is 29.9 Å². The number of aromatic nitrogens is 1. The Bertz CT molecular complexity index is 683. The average Bonchev–Trinajstić information content (AvgIpc) is 2.52. The van der Waals surface area contributed by atoms with Crippen molar-refractivity contribution in [2.75, 3.05) is 7.05 Å². The molecule has 1 heterocycles. The van der Waals surface area contributed by atoms with Crippen molar-refractivity contribution in [3.8, 4) is 11.3 Å². The molecule has 108 valence electrons. The Morgan fingerprint density at radius 1 is 1.24 bits per heavy atom. The number of allylic oxidation sites excluding steroid dienone is 2. The highest BCUT2D eigenvalue weighted by molar-refractivity contribution is 6.09. The number of aliphatic hydroxyl groups is 1. The number of hydrogen-bond donors (Lipinski definition) is 1. The van der Waals surface area contributed by atoms with E-state index in [1.165, 1.54) is 5.57 Å². The summed E-state index contributed by atoms with van der Waals surface area (Å²) in [6.45, 7) is 4.14. The Morgan fingerprint density at radius 2 is 2.05 bits per heavy atom. The molecule has 0 saturated heterocycles. The third kappa shape index (κ3) is 3.86. The molecule has 0 aliphatic heterocycles. The topological polar surface area (TPSA) is 45.5 Å². The van der Waals surface area contributed by atoms with Crippen molar-refractivity contribution >= 4 is 5.71 Å². The van der Waals surface area contributed by atoms with Gasteiger partial charge in [-0.1, -0.05) is 23.8 Å². The highest BCUT2D eigenvalue weighted by Gasteiger charge is 2.05. The lowest BCUT2D eigenvalue weighted by molar-refractivity contribution is 0.282. The maximum atomic E-state index is 9.24. The largest absolute Gasteiger partial charge is 0.392 e. The molecule has 2 rings (SSSR count). The number of benzene rings is 1. The highest BCUT2D eigenvalue weighted by atomic mass is 16.3. The van der Waals surface area contributed by atoms with Crippen LogP contribution in [0.15, 0.2) is 59.2 Å². The minimum Gasteiger partial charge on any atom is -0.392 e. The molecule has 3 heteroatoms. The van der Waals surface area contributed by atoms with Gasteiger partial charge in [-0.3, -0.25) is 9.98 Å². The zero-order valence-corrected chi connectivity index (χ0v) is 12.7. The van der Waals surface area contributed by atoms with Crippen molar-refractivity contribution in [1.29, 1.82) is 0 Å². The van der Waals surface area contributed by atoms with E-state index in [1.807, 2.05) is 36.4 Å². The molecule has 0 saturated carbocycles. The Balaban J connectivity index is 2.44. The molecule has 1 N–H and O–H groups in total. The lowest BCUT2D eigenvalue weighted by atomic mass is 10.0. The van der Waals surface area contributed by atoms with Gasteiger partial charge in [-0.25, -0.2) is 0 Å². The van der Waals surface area contributed by atoms with Gasteiger partial charge in [0.25, 0.3) is 0 Å². The Morgan fingerprint density at radius 3 is 2.71 bits per heavy atom. The quantitative estimate of drug-likeness (QED) is 0.869. The Hall–Kier alpha value is -2.26. The molecule has 1 aromatic carbocycles. The fourth-order valence-electron chi connectivity index (χ4n) is 2.13. The molecular weight excluding hydrogens is 260 g/mol. The maximum Gasteiger partial charge on any atom is 0.0708 e. The summed E-state index contributed by atoms with van der Waals surface area (Å²) in [7, 11) is 1.79. The van der Waals surface area contributed by atoms with E-state index in [4.69, 9.17) is 0 Å². The van der Waals surface area contributed by atoms with Crippen LogP contribution in [-0.4, -0.2) is 22.8 Å². The standard InChI is InChI=1S/C18H20N2O/c1-13(2)9-17(19-3)16-7-8-20-18(11-16)15-6-4-5-14(10-15)12-21/h4-11,21H,12H2,1-3H3. The van der Waals surface area contributed by atoms with Crippen LogP contribution in [0.25, 0.3) is 11.3 Å². The summed E-state index contributed by atoms with van der Waals surface area (Å²) < 4.78 is 0. The minimum absolute atomic E-state index is 0.0347. The molecule has 0 fully saturated rings. The first-order chi connectivity index (χ1) is 10.1. The molecule has 2 aromatic rings. The Kier molecular flexibility index (Phi) is 5.01. The second-order valence-corrected chi connectivity index (χ2v) is 5.12. The zero-order chi connectivity index (χ0) is 15.2. The molecule has 3 nitrogen and oxygen atoms in total. The van der Waals surface area contributed by atoms with Gasteiger partial charge in [0.2, 0.25) is 0 Å². The van der Waals surface area contributed by atoms with Crippen molar-refractivity contribution in [1.82, 2.24) is 4.98 Å². The van der Waals surface area contributed by atoms with Gasteiger partial charge in [0.05, 0.1) is 18.0 Å². The predicted molar refractivity (Wildman–Crippen MR) is 87.5 cm³/mol. The van der Waals surface area contributed by atoms with Crippen LogP contribution < -0.4 is 0 Å². The van der Waals surface area contributed by atoms with Gasteiger partial charge in [0.15, 0.2) is 0 Å². The van der Waals surface area contributed by atoms with Crippen molar-refractivity contribution in [2.24, 2.45) is 4.99 Å². The summed E-state index contributed by atoms with van der Waals surface area (Å²) >= 11 is 0. The number of nitrogens with zero attached hydrogens (tertiary/aromatic N) is 2. The summed E-state index contributed by atoms with van der Waals surface area (Å²) in [5.74, 6) is 0. The average molecular weight is 280 g/mol. The molecule has 0 aliphatic rings. The highest BCUT2D eigenvalue weighted by Crippen LogP contribution is 2.20. The van der Waals surface area contributed by atoms with Crippen molar-refractivity contribution in [3.63, 3.8) is 0 Å². The molecule has 21 heavy (non-hydrogen) atoms. The summed E-state index contributed by atoms with van der Waals surface area (Å²) in [5.41, 5.74) is 5.95. The second kappa shape index (κ2) is 6.95. The number of rotatable bonds is 4. The molecule has 1 aromatic heterocycles. The number of aliphatic imine (C=N–C) groups is 1. The van der Waals surface area contributed by atoms with E-state index in [0.29, 0.717) is 0 Å². The molecule has 0 amide bonds. The van der Waals surface area contributed by atoms with Crippen molar-refractivity contribution < 1.29 is 5.11 Å². The third-order valence-electron chi connectivity index (χ3n) is 3.13. The molecule has 0 bridgehead atoms. The molecular formula is C18H20N2O. The van der Waals surface area contributed by atoms with Crippen LogP contribution in [0.5, 0.6) is 0 Å². The Labute approximate surface area is 125 Å². The van der Waals surface area contributed by atoms with E-state index < -0.39 is 0 Å². The van der Waals surface area contributed by atoms with Gasteiger partial charge >= 0.3 is 0 Å². The summed E-state index contributed by atoms with van der Waals surface area (Å²) in [4.78, 5) is 8.76. The maximum absolute atomic E-state index is 9.24. The zero-order valence-electron chi connectivity index (χ0n) is 12.7. The van der Waals surface area contributed by atoms with Crippen LogP contribution in [0.4, 0.5) is 0 Å². The summed E-state index contributed by atoms with van der Waals surface area (Å²) in [6, 6.07) is 11.8.